The second-order valence-electron chi connectivity index (χ2n) is 4.10. The van der Waals surface area contributed by atoms with Crippen molar-refractivity contribution in [3.63, 3.8) is 0 Å². The third kappa shape index (κ3) is 3.32. The number of rotatable bonds is 3. The Morgan fingerprint density at radius 1 is 1.10 bits per heavy atom. The summed E-state index contributed by atoms with van der Waals surface area (Å²) in [6.45, 7) is 1.79. The summed E-state index contributed by atoms with van der Waals surface area (Å²) in [5, 5.41) is 14.1. The van der Waals surface area contributed by atoms with E-state index in [0.29, 0.717) is 17.1 Å². The Labute approximate surface area is 115 Å². The lowest BCUT2D eigenvalue weighted by molar-refractivity contribution is 0.0697. The van der Waals surface area contributed by atoms with Gasteiger partial charge in [-0.05, 0) is 43.3 Å². The molecule has 6 heteroatoms. The summed E-state index contributed by atoms with van der Waals surface area (Å²) in [7, 11) is 0. The van der Waals surface area contributed by atoms with Crippen LogP contribution in [0.4, 0.5) is 16.2 Å². The van der Waals surface area contributed by atoms with Crippen LogP contribution in [-0.4, -0.2) is 22.1 Å². The number of carbonyl (C=O) groups excluding carboxylic acids is 1. The normalized spacial score (nSPS) is 9.85. The molecule has 0 fully saturated rings. The van der Waals surface area contributed by atoms with Gasteiger partial charge in [-0.25, -0.2) is 9.59 Å². The van der Waals surface area contributed by atoms with Gasteiger partial charge in [0.15, 0.2) is 0 Å². The van der Waals surface area contributed by atoms with E-state index >= 15 is 0 Å². The van der Waals surface area contributed by atoms with E-state index in [1.54, 1.807) is 25.3 Å². The lowest BCUT2D eigenvalue weighted by Gasteiger charge is -2.09. The fourth-order valence-corrected chi connectivity index (χ4v) is 1.60. The molecule has 0 aliphatic carbocycles. The number of hydrogen-bond acceptors (Lipinski definition) is 3. The smallest absolute Gasteiger partial charge is 0.335 e. The first-order valence-corrected chi connectivity index (χ1v) is 5.89. The van der Waals surface area contributed by atoms with Gasteiger partial charge in [-0.3, -0.25) is 4.98 Å². The molecule has 2 aromatic rings. The number of nitrogens with one attached hydrogen (secondary N) is 2. The molecule has 1 aromatic carbocycles. The van der Waals surface area contributed by atoms with E-state index in [4.69, 9.17) is 5.11 Å². The van der Waals surface area contributed by atoms with Crippen LogP contribution in [0.3, 0.4) is 0 Å². The van der Waals surface area contributed by atoms with E-state index < -0.39 is 12.0 Å². The largest absolute Gasteiger partial charge is 0.478 e. The van der Waals surface area contributed by atoms with Crippen molar-refractivity contribution in [3.8, 4) is 0 Å². The Hall–Kier alpha value is -2.89. The van der Waals surface area contributed by atoms with Crippen molar-refractivity contribution in [1.29, 1.82) is 0 Å². The zero-order valence-electron chi connectivity index (χ0n) is 10.8. The van der Waals surface area contributed by atoms with E-state index in [9.17, 15) is 9.59 Å². The number of nitrogens with zero attached hydrogens (tertiary/aromatic N) is 1. The second kappa shape index (κ2) is 5.83. The number of benzene rings is 1. The number of hydrogen-bond donors (Lipinski definition) is 3. The molecule has 1 aromatic heterocycles. The van der Waals surface area contributed by atoms with Crippen molar-refractivity contribution in [3.05, 3.63) is 53.9 Å². The summed E-state index contributed by atoms with van der Waals surface area (Å²) < 4.78 is 0. The molecule has 0 saturated heterocycles. The van der Waals surface area contributed by atoms with Gasteiger partial charge in [0.1, 0.15) is 0 Å². The number of carboxylic acids is 1. The van der Waals surface area contributed by atoms with Gasteiger partial charge in [-0.15, -0.1) is 0 Å². The standard InChI is InChI=1S/C14H13N3O3/c1-9-12(3-2-8-15-9)17-14(20)16-11-6-4-10(5-7-11)13(18)19/h2-8H,1H3,(H,18,19)(H2,16,17,20). The summed E-state index contributed by atoms with van der Waals surface area (Å²) in [5.41, 5.74) is 2.00. The van der Waals surface area contributed by atoms with Gasteiger partial charge in [-0.2, -0.15) is 0 Å². The monoisotopic (exact) mass is 271 g/mol. The van der Waals surface area contributed by atoms with Crippen molar-refractivity contribution in [2.75, 3.05) is 10.6 Å². The summed E-state index contributed by atoms with van der Waals surface area (Å²) in [6.07, 6.45) is 1.64. The Balaban J connectivity index is 2.01. The first kappa shape index (κ1) is 13.5. The average molecular weight is 271 g/mol. The molecule has 0 aliphatic heterocycles. The van der Waals surface area contributed by atoms with Gasteiger partial charge in [0.2, 0.25) is 0 Å². The highest BCUT2D eigenvalue weighted by Gasteiger charge is 2.06. The zero-order chi connectivity index (χ0) is 14.5. The molecule has 102 valence electrons. The number of urea groups is 1. The number of aromatic carboxylic acids is 1. The lowest BCUT2D eigenvalue weighted by Crippen LogP contribution is -2.20. The molecule has 0 spiro atoms. The second-order valence-corrected chi connectivity index (χ2v) is 4.10. The van der Waals surface area contributed by atoms with Gasteiger partial charge in [-0.1, -0.05) is 0 Å². The Morgan fingerprint density at radius 3 is 2.40 bits per heavy atom. The van der Waals surface area contributed by atoms with Crippen molar-refractivity contribution in [2.45, 2.75) is 6.92 Å². The van der Waals surface area contributed by atoms with Crippen LogP contribution in [0.2, 0.25) is 0 Å². The average Bonchev–Trinajstić information content (AvgIpc) is 2.42. The highest BCUT2D eigenvalue weighted by atomic mass is 16.4. The highest BCUT2D eigenvalue weighted by molar-refractivity contribution is 6.00. The van der Waals surface area contributed by atoms with Crippen LogP contribution in [0.15, 0.2) is 42.6 Å². The molecule has 3 N–H and O–H groups in total. The zero-order valence-corrected chi connectivity index (χ0v) is 10.8. The Kier molecular flexibility index (Phi) is 3.95. The maximum atomic E-state index is 11.8. The molecule has 6 nitrogen and oxygen atoms in total. The topological polar surface area (TPSA) is 91.3 Å². The number of carboxylic acid groups (broad SMARTS) is 1. The maximum Gasteiger partial charge on any atom is 0.335 e. The van der Waals surface area contributed by atoms with Crippen molar-refractivity contribution in [1.82, 2.24) is 4.98 Å². The Morgan fingerprint density at radius 2 is 1.80 bits per heavy atom. The van der Waals surface area contributed by atoms with E-state index in [0.717, 1.165) is 0 Å². The van der Waals surface area contributed by atoms with Gasteiger partial charge < -0.3 is 15.7 Å². The molecule has 0 atom stereocenters. The summed E-state index contributed by atoms with van der Waals surface area (Å²) in [4.78, 5) is 26.6. The molecule has 0 aliphatic rings. The maximum absolute atomic E-state index is 11.8. The predicted octanol–water partition coefficient (Wildman–Crippen LogP) is 2.73. The molecule has 0 bridgehead atoms. The number of aromatic nitrogens is 1. The minimum atomic E-state index is -1.01. The third-order valence-corrected chi connectivity index (χ3v) is 2.64. The van der Waals surface area contributed by atoms with E-state index in [1.807, 2.05) is 0 Å². The number of aryl methyl sites for hydroxylation is 1. The first-order valence-electron chi connectivity index (χ1n) is 5.89. The molecular formula is C14H13N3O3. The van der Waals surface area contributed by atoms with Gasteiger partial charge in [0.25, 0.3) is 0 Å². The third-order valence-electron chi connectivity index (χ3n) is 2.64. The van der Waals surface area contributed by atoms with E-state index in [-0.39, 0.29) is 5.56 Å². The molecule has 1 heterocycles. The molecule has 2 rings (SSSR count). The van der Waals surface area contributed by atoms with Crippen molar-refractivity contribution >= 4 is 23.4 Å². The lowest BCUT2D eigenvalue weighted by atomic mass is 10.2. The van der Waals surface area contributed by atoms with Gasteiger partial charge in [0, 0.05) is 11.9 Å². The van der Waals surface area contributed by atoms with Crippen LogP contribution >= 0.6 is 0 Å². The summed E-state index contributed by atoms with van der Waals surface area (Å²) >= 11 is 0. The minimum Gasteiger partial charge on any atom is -0.478 e. The van der Waals surface area contributed by atoms with E-state index in [1.165, 1.54) is 24.3 Å². The van der Waals surface area contributed by atoms with Crippen molar-refractivity contribution < 1.29 is 14.7 Å². The number of pyridine rings is 1. The van der Waals surface area contributed by atoms with Gasteiger partial charge >= 0.3 is 12.0 Å². The molecule has 20 heavy (non-hydrogen) atoms. The number of amides is 2. The van der Waals surface area contributed by atoms with Crippen LogP contribution in [0, 0.1) is 6.92 Å². The molecule has 0 saturated carbocycles. The Bertz CT molecular complexity index is 638. The van der Waals surface area contributed by atoms with Crippen molar-refractivity contribution in [2.24, 2.45) is 0 Å². The van der Waals surface area contributed by atoms with Crippen LogP contribution in [-0.2, 0) is 0 Å². The van der Waals surface area contributed by atoms with E-state index in [2.05, 4.69) is 15.6 Å². The highest BCUT2D eigenvalue weighted by Crippen LogP contribution is 2.13. The number of carbonyl (C=O) groups is 2. The molecular weight excluding hydrogens is 258 g/mol. The minimum absolute atomic E-state index is 0.166. The van der Waals surface area contributed by atoms with Crippen LogP contribution in [0.5, 0.6) is 0 Å². The summed E-state index contributed by atoms with van der Waals surface area (Å²) in [5.74, 6) is -1.01. The predicted molar refractivity (Wildman–Crippen MR) is 75.0 cm³/mol. The molecule has 0 unspecified atom stereocenters. The quantitative estimate of drug-likeness (QED) is 0.800. The SMILES string of the molecule is Cc1ncccc1NC(=O)Nc1ccc(C(=O)O)cc1. The summed E-state index contributed by atoms with van der Waals surface area (Å²) in [6, 6.07) is 8.96. The number of anilines is 2. The van der Waals surface area contributed by atoms with Crippen LogP contribution in [0.1, 0.15) is 16.1 Å². The van der Waals surface area contributed by atoms with Crippen LogP contribution < -0.4 is 10.6 Å². The van der Waals surface area contributed by atoms with Gasteiger partial charge in [0.05, 0.1) is 16.9 Å². The fraction of sp³-hybridized carbons (Fsp3) is 0.0714. The van der Waals surface area contributed by atoms with Crippen LogP contribution in [0.25, 0.3) is 0 Å². The molecule has 2 amide bonds. The first-order chi connectivity index (χ1) is 9.56. The fourth-order valence-electron chi connectivity index (χ4n) is 1.60. The molecule has 0 radical (unpaired) electrons.